The lowest BCUT2D eigenvalue weighted by Crippen LogP contribution is -2.51. The molecular weight excluding hydrogens is 270 g/mol. The van der Waals surface area contributed by atoms with Crippen LogP contribution >= 0.6 is 0 Å². The number of nitrogens with two attached hydrogens (primary N) is 1. The summed E-state index contributed by atoms with van der Waals surface area (Å²) in [6, 6.07) is 4.64. The molecule has 2 rings (SSSR count). The molecule has 0 radical (unpaired) electrons. The quantitative estimate of drug-likeness (QED) is 0.682. The molecule has 0 bridgehead atoms. The van der Waals surface area contributed by atoms with E-state index < -0.39 is 4.92 Å². The minimum atomic E-state index is -0.453. The Morgan fingerprint density at radius 3 is 2.86 bits per heavy atom. The van der Waals surface area contributed by atoms with Crippen LogP contribution < -0.4 is 5.73 Å². The fourth-order valence-electron chi connectivity index (χ4n) is 2.97. The van der Waals surface area contributed by atoms with Crippen LogP contribution in [0, 0.1) is 23.0 Å². The number of aryl methyl sites for hydroxylation is 1. The topological polar surface area (TPSA) is 89.5 Å². The summed E-state index contributed by atoms with van der Waals surface area (Å²) in [7, 11) is 0. The highest BCUT2D eigenvalue weighted by atomic mass is 16.6. The van der Waals surface area contributed by atoms with E-state index in [0.29, 0.717) is 30.1 Å². The van der Waals surface area contributed by atoms with Crippen LogP contribution in [-0.4, -0.2) is 34.9 Å². The maximum absolute atomic E-state index is 12.6. The van der Waals surface area contributed by atoms with Crippen molar-refractivity contribution < 1.29 is 9.72 Å². The second kappa shape index (κ2) is 6.22. The zero-order chi connectivity index (χ0) is 15.6. The number of rotatable bonds is 3. The van der Waals surface area contributed by atoms with Crippen molar-refractivity contribution in [3.63, 3.8) is 0 Å². The van der Waals surface area contributed by atoms with Gasteiger partial charge in [-0.2, -0.15) is 0 Å². The van der Waals surface area contributed by atoms with Crippen LogP contribution in [0.4, 0.5) is 5.69 Å². The molecular formula is C15H21N3O3. The number of hydrogen-bond donors (Lipinski definition) is 1. The number of nitro benzene ring substituents is 1. The molecule has 1 saturated heterocycles. The molecule has 0 spiro atoms. The average molecular weight is 291 g/mol. The van der Waals surface area contributed by atoms with Crippen molar-refractivity contribution in [3.05, 3.63) is 39.4 Å². The molecule has 2 unspecified atom stereocenters. The lowest BCUT2D eigenvalue weighted by atomic mass is 9.90. The SMILES string of the molecule is Cc1ccc(C(=O)N2CCCC(C)C2CN)cc1[N+](=O)[O-]. The Balaban J connectivity index is 2.31. The molecule has 0 saturated carbocycles. The van der Waals surface area contributed by atoms with Gasteiger partial charge < -0.3 is 10.6 Å². The molecule has 1 aromatic rings. The highest BCUT2D eigenvalue weighted by Crippen LogP contribution is 2.26. The molecule has 1 aliphatic heterocycles. The smallest absolute Gasteiger partial charge is 0.273 e. The Labute approximate surface area is 124 Å². The summed E-state index contributed by atoms with van der Waals surface area (Å²) >= 11 is 0. The van der Waals surface area contributed by atoms with Crippen LogP contribution in [0.5, 0.6) is 0 Å². The Bertz CT molecular complexity index is 559. The van der Waals surface area contributed by atoms with Gasteiger partial charge in [0, 0.05) is 36.3 Å². The second-order valence-electron chi connectivity index (χ2n) is 5.68. The molecule has 2 N–H and O–H groups in total. The zero-order valence-electron chi connectivity index (χ0n) is 12.4. The monoisotopic (exact) mass is 291 g/mol. The third kappa shape index (κ3) is 3.05. The Kier molecular flexibility index (Phi) is 4.57. The lowest BCUT2D eigenvalue weighted by Gasteiger charge is -2.39. The molecule has 1 amide bonds. The van der Waals surface area contributed by atoms with Gasteiger partial charge in [0.05, 0.1) is 4.92 Å². The van der Waals surface area contributed by atoms with Crippen LogP contribution in [0.2, 0.25) is 0 Å². The number of hydrogen-bond acceptors (Lipinski definition) is 4. The molecule has 1 aliphatic rings. The third-order valence-corrected chi connectivity index (χ3v) is 4.27. The van der Waals surface area contributed by atoms with E-state index >= 15 is 0 Å². The second-order valence-corrected chi connectivity index (χ2v) is 5.68. The standard InChI is InChI=1S/C15H21N3O3/c1-10-4-3-7-17(14(10)9-16)15(19)12-6-5-11(2)13(8-12)18(20)21/h5-6,8,10,14H,3-4,7,9,16H2,1-2H3. The van der Waals surface area contributed by atoms with Crippen molar-refractivity contribution in [2.45, 2.75) is 32.7 Å². The first-order chi connectivity index (χ1) is 9.95. The van der Waals surface area contributed by atoms with Crippen molar-refractivity contribution in [3.8, 4) is 0 Å². The summed E-state index contributed by atoms with van der Waals surface area (Å²) in [6.07, 6.45) is 2.00. The number of benzene rings is 1. The first-order valence-electron chi connectivity index (χ1n) is 7.21. The summed E-state index contributed by atoms with van der Waals surface area (Å²) in [5.41, 5.74) is 6.70. The van der Waals surface area contributed by atoms with Gasteiger partial charge in [-0.05, 0) is 31.7 Å². The third-order valence-electron chi connectivity index (χ3n) is 4.27. The van der Waals surface area contributed by atoms with E-state index in [1.807, 2.05) is 0 Å². The van der Waals surface area contributed by atoms with Gasteiger partial charge in [0.1, 0.15) is 0 Å². The van der Waals surface area contributed by atoms with Crippen LogP contribution in [-0.2, 0) is 0 Å². The van der Waals surface area contributed by atoms with Crippen molar-refractivity contribution in [2.24, 2.45) is 11.7 Å². The van der Waals surface area contributed by atoms with Gasteiger partial charge >= 0.3 is 0 Å². The molecule has 2 atom stereocenters. The zero-order valence-corrected chi connectivity index (χ0v) is 12.4. The van der Waals surface area contributed by atoms with Gasteiger partial charge in [-0.25, -0.2) is 0 Å². The minimum absolute atomic E-state index is 0.00612. The molecule has 21 heavy (non-hydrogen) atoms. The van der Waals surface area contributed by atoms with E-state index in [9.17, 15) is 14.9 Å². The van der Waals surface area contributed by atoms with E-state index in [1.54, 1.807) is 24.0 Å². The van der Waals surface area contributed by atoms with Gasteiger partial charge in [-0.1, -0.05) is 13.0 Å². The molecule has 6 nitrogen and oxygen atoms in total. The number of carbonyl (C=O) groups excluding carboxylic acids is 1. The largest absolute Gasteiger partial charge is 0.334 e. The molecule has 1 fully saturated rings. The summed E-state index contributed by atoms with van der Waals surface area (Å²) in [5.74, 6) is 0.188. The normalized spacial score (nSPS) is 22.1. The van der Waals surface area contributed by atoms with Gasteiger partial charge in [0.15, 0.2) is 0 Å². The van der Waals surface area contributed by atoms with Gasteiger partial charge in [0.2, 0.25) is 0 Å². The Hall–Kier alpha value is -1.95. The van der Waals surface area contributed by atoms with Crippen LogP contribution in [0.1, 0.15) is 35.7 Å². The average Bonchev–Trinajstić information content (AvgIpc) is 2.46. The number of nitro groups is 1. The summed E-state index contributed by atoms with van der Waals surface area (Å²) in [5, 5.41) is 11.0. The molecule has 1 aromatic carbocycles. The van der Waals surface area contributed by atoms with Gasteiger partial charge in [0.25, 0.3) is 11.6 Å². The first kappa shape index (κ1) is 15.4. The highest BCUT2D eigenvalue weighted by Gasteiger charge is 2.31. The maximum atomic E-state index is 12.6. The van der Waals surface area contributed by atoms with E-state index in [0.717, 1.165) is 12.8 Å². The van der Waals surface area contributed by atoms with Crippen LogP contribution in [0.15, 0.2) is 18.2 Å². The Morgan fingerprint density at radius 2 is 2.24 bits per heavy atom. The number of amides is 1. The predicted molar refractivity (Wildman–Crippen MR) is 80.1 cm³/mol. The molecule has 114 valence electrons. The lowest BCUT2D eigenvalue weighted by molar-refractivity contribution is -0.385. The van der Waals surface area contributed by atoms with Crippen molar-refractivity contribution >= 4 is 11.6 Å². The predicted octanol–water partition coefficient (Wildman–Crippen LogP) is 2.10. The van der Waals surface area contributed by atoms with Gasteiger partial charge in [-0.15, -0.1) is 0 Å². The minimum Gasteiger partial charge on any atom is -0.334 e. The summed E-state index contributed by atoms with van der Waals surface area (Å²) in [6.45, 7) is 4.83. The molecule has 6 heteroatoms. The number of carbonyl (C=O) groups is 1. The van der Waals surface area contributed by atoms with Crippen molar-refractivity contribution in [2.75, 3.05) is 13.1 Å². The number of piperidine rings is 1. The summed E-state index contributed by atoms with van der Waals surface area (Å²) in [4.78, 5) is 25.0. The number of likely N-dealkylation sites (tertiary alicyclic amines) is 1. The molecule has 0 aromatic heterocycles. The van der Waals surface area contributed by atoms with Crippen molar-refractivity contribution in [1.82, 2.24) is 4.90 Å². The molecule has 0 aliphatic carbocycles. The molecule has 1 heterocycles. The fourth-order valence-corrected chi connectivity index (χ4v) is 2.97. The summed E-state index contributed by atoms with van der Waals surface area (Å²) < 4.78 is 0. The van der Waals surface area contributed by atoms with Crippen LogP contribution in [0.3, 0.4) is 0 Å². The maximum Gasteiger partial charge on any atom is 0.273 e. The highest BCUT2D eigenvalue weighted by molar-refractivity contribution is 5.95. The van der Waals surface area contributed by atoms with E-state index in [2.05, 4.69) is 6.92 Å². The first-order valence-corrected chi connectivity index (χ1v) is 7.21. The van der Waals surface area contributed by atoms with E-state index in [4.69, 9.17) is 5.73 Å². The van der Waals surface area contributed by atoms with Crippen LogP contribution in [0.25, 0.3) is 0 Å². The van der Waals surface area contributed by atoms with Gasteiger partial charge in [-0.3, -0.25) is 14.9 Å². The fraction of sp³-hybridized carbons (Fsp3) is 0.533. The van der Waals surface area contributed by atoms with E-state index in [1.165, 1.54) is 6.07 Å². The Morgan fingerprint density at radius 1 is 1.52 bits per heavy atom. The van der Waals surface area contributed by atoms with E-state index in [-0.39, 0.29) is 17.6 Å². The number of nitrogens with zero attached hydrogens (tertiary/aromatic N) is 2. The van der Waals surface area contributed by atoms with Crippen molar-refractivity contribution in [1.29, 1.82) is 0 Å².